The van der Waals surface area contributed by atoms with E-state index in [4.69, 9.17) is 25.8 Å². The van der Waals surface area contributed by atoms with Gasteiger partial charge in [0.15, 0.2) is 11.5 Å². The summed E-state index contributed by atoms with van der Waals surface area (Å²) >= 11 is 6.34. The molecule has 1 amide bonds. The number of amides is 1. The molecule has 1 heterocycles. The highest BCUT2D eigenvalue weighted by atomic mass is 35.5. The number of nitrogens with zero attached hydrogens (tertiary/aromatic N) is 1. The molecule has 0 bridgehead atoms. The number of hydrogen-bond donors (Lipinski definition) is 1. The van der Waals surface area contributed by atoms with Gasteiger partial charge in [-0.15, -0.1) is 0 Å². The lowest BCUT2D eigenvalue weighted by atomic mass is 10.0. The molecule has 1 aliphatic rings. The van der Waals surface area contributed by atoms with Crippen molar-refractivity contribution < 1.29 is 19.0 Å². The molecule has 1 aliphatic heterocycles. The monoisotopic (exact) mass is 412 g/mol. The smallest absolute Gasteiger partial charge is 0.251 e. The zero-order chi connectivity index (χ0) is 20.5. The van der Waals surface area contributed by atoms with Crippen LogP contribution in [0.15, 0.2) is 12.1 Å². The maximum atomic E-state index is 12.8. The molecule has 6 nitrogen and oxygen atoms in total. The predicted octanol–water partition coefficient (Wildman–Crippen LogP) is 3.61. The molecule has 158 valence electrons. The third-order valence-corrected chi connectivity index (χ3v) is 5.03. The summed E-state index contributed by atoms with van der Waals surface area (Å²) in [7, 11) is 1.54. The highest BCUT2D eigenvalue weighted by Gasteiger charge is 2.23. The summed E-state index contributed by atoms with van der Waals surface area (Å²) in [4.78, 5) is 15.2. The quantitative estimate of drug-likeness (QED) is 0.636. The molecule has 1 aromatic carbocycles. The highest BCUT2D eigenvalue weighted by molar-refractivity contribution is 6.32. The van der Waals surface area contributed by atoms with E-state index in [2.05, 4.69) is 24.1 Å². The molecule has 0 saturated carbocycles. The van der Waals surface area contributed by atoms with Crippen LogP contribution in [-0.2, 0) is 4.74 Å². The first kappa shape index (κ1) is 22.8. The molecule has 7 heteroatoms. The summed E-state index contributed by atoms with van der Waals surface area (Å²) in [5, 5.41) is 3.45. The van der Waals surface area contributed by atoms with Crippen LogP contribution >= 0.6 is 11.6 Å². The SMILES string of the molecule is CCCOc1c(Cl)cc(C(=O)NCC(CC(C)C)N2CCOCC2)cc1OC. The minimum Gasteiger partial charge on any atom is -0.493 e. The number of morpholine rings is 1. The second-order valence-electron chi connectivity index (χ2n) is 7.48. The van der Waals surface area contributed by atoms with Crippen molar-refractivity contribution in [2.75, 3.05) is 46.6 Å². The topological polar surface area (TPSA) is 60.0 Å². The first-order valence-corrected chi connectivity index (χ1v) is 10.4. The van der Waals surface area contributed by atoms with Crippen molar-refractivity contribution >= 4 is 17.5 Å². The first-order valence-electron chi connectivity index (χ1n) is 10.1. The lowest BCUT2D eigenvalue weighted by molar-refractivity contribution is 0.0124. The minimum absolute atomic E-state index is 0.163. The fourth-order valence-corrected chi connectivity index (χ4v) is 3.62. The van der Waals surface area contributed by atoms with E-state index >= 15 is 0 Å². The number of carbonyl (C=O) groups is 1. The number of methoxy groups -OCH3 is 1. The van der Waals surface area contributed by atoms with Crippen LogP contribution in [0.1, 0.15) is 44.0 Å². The van der Waals surface area contributed by atoms with Gasteiger partial charge in [0.1, 0.15) is 0 Å². The fraction of sp³-hybridized carbons (Fsp3) is 0.667. The van der Waals surface area contributed by atoms with Gasteiger partial charge in [0, 0.05) is 31.2 Å². The van der Waals surface area contributed by atoms with Crippen LogP contribution < -0.4 is 14.8 Å². The van der Waals surface area contributed by atoms with E-state index in [1.54, 1.807) is 19.2 Å². The molecule has 0 aliphatic carbocycles. The van der Waals surface area contributed by atoms with Gasteiger partial charge in [-0.3, -0.25) is 9.69 Å². The summed E-state index contributed by atoms with van der Waals surface area (Å²) in [6.45, 7) is 10.8. The Bertz CT molecular complexity index is 633. The van der Waals surface area contributed by atoms with Gasteiger partial charge in [-0.25, -0.2) is 0 Å². The van der Waals surface area contributed by atoms with Crippen molar-refractivity contribution in [2.24, 2.45) is 5.92 Å². The van der Waals surface area contributed by atoms with Crippen molar-refractivity contribution in [3.63, 3.8) is 0 Å². The van der Waals surface area contributed by atoms with Crippen LogP contribution in [0.3, 0.4) is 0 Å². The Morgan fingerprint density at radius 2 is 2.04 bits per heavy atom. The Balaban J connectivity index is 2.06. The molecule has 0 spiro atoms. The lowest BCUT2D eigenvalue weighted by Gasteiger charge is -2.35. The second kappa shape index (κ2) is 11.5. The molecule has 1 unspecified atom stereocenters. The van der Waals surface area contributed by atoms with E-state index in [1.807, 2.05) is 6.92 Å². The number of hydrogen-bond acceptors (Lipinski definition) is 5. The molecule has 1 atom stereocenters. The molecule has 0 radical (unpaired) electrons. The molecule has 1 fully saturated rings. The van der Waals surface area contributed by atoms with Gasteiger partial charge in [-0.05, 0) is 30.9 Å². The predicted molar refractivity (Wildman–Crippen MR) is 112 cm³/mol. The van der Waals surface area contributed by atoms with E-state index in [0.717, 1.165) is 39.1 Å². The van der Waals surface area contributed by atoms with Crippen LogP contribution in [0.5, 0.6) is 11.5 Å². The average Bonchev–Trinajstić information content (AvgIpc) is 2.69. The second-order valence-corrected chi connectivity index (χ2v) is 7.89. The van der Waals surface area contributed by atoms with E-state index in [-0.39, 0.29) is 11.9 Å². The standard InChI is InChI=1S/C21H33ClN2O4/c1-5-8-28-20-18(22)12-16(13-19(20)26-4)21(25)23-14-17(11-15(2)3)24-6-9-27-10-7-24/h12-13,15,17H,5-11,14H2,1-4H3,(H,23,25). The highest BCUT2D eigenvalue weighted by Crippen LogP contribution is 2.36. The molecule has 2 rings (SSSR count). The number of halogens is 1. The first-order chi connectivity index (χ1) is 13.5. The van der Waals surface area contributed by atoms with Gasteiger partial charge in [0.05, 0.1) is 32.0 Å². The zero-order valence-electron chi connectivity index (χ0n) is 17.4. The molecule has 1 saturated heterocycles. The largest absolute Gasteiger partial charge is 0.493 e. The van der Waals surface area contributed by atoms with Crippen LogP contribution in [0.4, 0.5) is 0 Å². The van der Waals surface area contributed by atoms with Crippen molar-refractivity contribution in [3.05, 3.63) is 22.7 Å². The normalized spacial score (nSPS) is 16.1. The number of rotatable bonds is 10. The third-order valence-electron chi connectivity index (χ3n) is 4.75. The number of carbonyl (C=O) groups excluding carboxylic acids is 1. The van der Waals surface area contributed by atoms with Gasteiger partial charge in [-0.1, -0.05) is 32.4 Å². The average molecular weight is 413 g/mol. The lowest BCUT2D eigenvalue weighted by Crippen LogP contribution is -2.49. The number of nitrogens with one attached hydrogen (secondary N) is 1. The van der Waals surface area contributed by atoms with E-state index in [0.29, 0.717) is 41.2 Å². The Morgan fingerprint density at radius 3 is 2.64 bits per heavy atom. The van der Waals surface area contributed by atoms with Gasteiger partial charge >= 0.3 is 0 Å². The van der Waals surface area contributed by atoms with Crippen molar-refractivity contribution in [3.8, 4) is 11.5 Å². The summed E-state index contributed by atoms with van der Waals surface area (Å²) in [5.41, 5.74) is 0.468. The Hall–Kier alpha value is -1.50. The third kappa shape index (κ3) is 6.54. The van der Waals surface area contributed by atoms with Gasteiger partial charge in [0.25, 0.3) is 5.91 Å². The number of benzene rings is 1. The zero-order valence-corrected chi connectivity index (χ0v) is 18.2. The molecular formula is C21H33ClN2O4. The van der Waals surface area contributed by atoms with Gasteiger partial charge in [0.2, 0.25) is 0 Å². The van der Waals surface area contributed by atoms with E-state index < -0.39 is 0 Å². The molecular weight excluding hydrogens is 380 g/mol. The fourth-order valence-electron chi connectivity index (χ4n) is 3.36. The van der Waals surface area contributed by atoms with Crippen molar-refractivity contribution in [2.45, 2.75) is 39.7 Å². The van der Waals surface area contributed by atoms with Crippen LogP contribution in [-0.4, -0.2) is 63.4 Å². The van der Waals surface area contributed by atoms with E-state index in [1.165, 1.54) is 0 Å². The molecule has 1 aromatic rings. The van der Waals surface area contributed by atoms with Crippen LogP contribution in [0, 0.1) is 5.92 Å². The summed E-state index contributed by atoms with van der Waals surface area (Å²) in [6.07, 6.45) is 1.88. The molecule has 1 N–H and O–H groups in total. The molecule has 28 heavy (non-hydrogen) atoms. The van der Waals surface area contributed by atoms with Gasteiger partial charge < -0.3 is 19.5 Å². The molecule has 0 aromatic heterocycles. The van der Waals surface area contributed by atoms with Crippen molar-refractivity contribution in [1.82, 2.24) is 10.2 Å². The minimum atomic E-state index is -0.163. The number of ether oxygens (including phenoxy) is 3. The van der Waals surface area contributed by atoms with Crippen LogP contribution in [0.25, 0.3) is 0 Å². The summed E-state index contributed by atoms with van der Waals surface area (Å²) in [6, 6.07) is 3.60. The summed E-state index contributed by atoms with van der Waals surface area (Å²) < 4.78 is 16.5. The van der Waals surface area contributed by atoms with Crippen LogP contribution in [0.2, 0.25) is 5.02 Å². The van der Waals surface area contributed by atoms with Gasteiger partial charge in [-0.2, -0.15) is 0 Å². The maximum absolute atomic E-state index is 12.8. The maximum Gasteiger partial charge on any atom is 0.251 e. The Kier molecular flexibility index (Phi) is 9.35. The summed E-state index contributed by atoms with van der Waals surface area (Å²) in [5.74, 6) is 1.34. The Labute approximate surface area is 173 Å². The Morgan fingerprint density at radius 1 is 1.32 bits per heavy atom. The van der Waals surface area contributed by atoms with E-state index in [9.17, 15) is 4.79 Å². The van der Waals surface area contributed by atoms with Crippen molar-refractivity contribution in [1.29, 1.82) is 0 Å².